The van der Waals surface area contributed by atoms with Crippen LogP contribution in [-0.2, 0) is 9.59 Å². The van der Waals surface area contributed by atoms with Crippen LogP contribution in [0.2, 0.25) is 5.02 Å². The zero-order valence-corrected chi connectivity index (χ0v) is 14.0. The van der Waals surface area contributed by atoms with E-state index in [4.69, 9.17) is 21.1 Å². The lowest BCUT2D eigenvalue weighted by molar-refractivity contribution is -0.140. The van der Waals surface area contributed by atoms with Crippen LogP contribution >= 0.6 is 11.6 Å². The molecule has 0 heterocycles. The maximum absolute atomic E-state index is 13.5. The number of carbonyl (C=O) groups excluding carboxylic acids is 2. The van der Waals surface area contributed by atoms with Gasteiger partial charge >= 0.3 is 11.9 Å². The van der Waals surface area contributed by atoms with Gasteiger partial charge in [0.2, 0.25) is 0 Å². The average Bonchev–Trinajstić information content (AvgIpc) is 2.53. The van der Waals surface area contributed by atoms with Crippen LogP contribution in [0.5, 0.6) is 11.5 Å². The largest absolute Gasteiger partial charge is 0.426 e. The lowest BCUT2D eigenvalue weighted by Crippen LogP contribution is -2.15. The molecule has 2 aromatic carbocycles. The van der Waals surface area contributed by atoms with Crippen LogP contribution in [0.1, 0.15) is 24.0 Å². The van der Waals surface area contributed by atoms with Gasteiger partial charge in [-0.2, -0.15) is 0 Å². The Kier molecular flexibility index (Phi) is 5.93. The smallest absolute Gasteiger partial charge is 0.311 e. The zero-order chi connectivity index (χ0) is 17.7. The molecule has 0 aliphatic heterocycles. The summed E-state index contributed by atoms with van der Waals surface area (Å²) in [6, 6.07) is 9.29. The second kappa shape index (κ2) is 7.93. The highest BCUT2D eigenvalue weighted by molar-refractivity contribution is 6.32. The van der Waals surface area contributed by atoms with Gasteiger partial charge in [-0.3, -0.25) is 9.59 Å². The highest BCUT2D eigenvalue weighted by Crippen LogP contribution is 2.27. The highest BCUT2D eigenvalue weighted by atomic mass is 35.5. The SMILES string of the molecule is Cc1cccc(OC(=O)CCC(=O)Oc2c(F)cccc2Cl)c1C. The van der Waals surface area contributed by atoms with Crippen molar-refractivity contribution >= 4 is 23.5 Å². The maximum Gasteiger partial charge on any atom is 0.311 e. The molecule has 126 valence electrons. The first-order chi connectivity index (χ1) is 11.4. The summed E-state index contributed by atoms with van der Waals surface area (Å²) in [6.45, 7) is 3.74. The molecular weight excluding hydrogens is 335 g/mol. The molecule has 2 rings (SSSR count). The monoisotopic (exact) mass is 350 g/mol. The molecule has 24 heavy (non-hydrogen) atoms. The molecule has 0 aliphatic rings. The first-order valence-electron chi connectivity index (χ1n) is 7.30. The topological polar surface area (TPSA) is 52.6 Å². The van der Waals surface area contributed by atoms with E-state index in [9.17, 15) is 14.0 Å². The number of rotatable bonds is 5. The van der Waals surface area contributed by atoms with Crippen molar-refractivity contribution in [2.75, 3.05) is 0 Å². The number of para-hydroxylation sites is 1. The van der Waals surface area contributed by atoms with Crippen molar-refractivity contribution in [3.05, 3.63) is 58.4 Å². The van der Waals surface area contributed by atoms with Gasteiger partial charge in [-0.25, -0.2) is 4.39 Å². The Hall–Kier alpha value is -2.40. The molecule has 0 atom stereocenters. The third-order valence-electron chi connectivity index (χ3n) is 3.45. The summed E-state index contributed by atoms with van der Waals surface area (Å²) in [5.74, 6) is -1.97. The van der Waals surface area contributed by atoms with Gasteiger partial charge < -0.3 is 9.47 Å². The maximum atomic E-state index is 13.5. The molecule has 0 bridgehead atoms. The van der Waals surface area contributed by atoms with Crippen LogP contribution in [0.15, 0.2) is 36.4 Å². The molecule has 0 unspecified atom stereocenters. The molecule has 0 aromatic heterocycles. The second-order valence-corrected chi connectivity index (χ2v) is 5.60. The van der Waals surface area contributed by atoms with E-state index in [-0.39, 0.29) is 23.6 Å². The Labute approximate surface area is 144 Å². The van der Waals surface area contributed by atoms with Gasteiger partial charge in [0.15, 0.2) is 11.6 Å². The summed E-state index contributed by atoms with van der Waals surface area (Å²) in [6.07, 6.45) is -0.424. The van der Waals surface area contributed by atoms with Crippen molar-refractivity contribution in [1.29, 1.82) is 0 Å². The van der Waals surface area contributed by atoms with Crippen LogP contribution in [-0.4, -0.2) is 11.9 Å². The molecule has 0 aliphatic carbocycles. The van der Waals surface area contributed by atoms with Crippen molar-refractivity contribution in [1.82, 2.24) is 0 Å². The van der Waals surface area contributed by atoms with Gasteiger partial charge in [-0.1, -0.05) is 29.8 Å². The third kappa shape index (κ3) is 4.55. The average molecular weight is 351 g/mol. The lowest BCUT2D eigenvalue weighted by atomic mass is 10.1. The molecule has 0 N–H and O–H groups in total. The van der Waals surface area contributed by atoms with E-state index in [1.807, 2.05) is 19.9 Å². The van der Waals surface area contributed by atoms with Crippen molar-refractivity contribution in [2.45, 2.75) is 26.7 Å². The van der Waals surface area contributed by atoms with Crippen molar-refractivity contribution in [3.63, 3.8) is 0 Å². The number of ether oxygens (including phenoxy) is 2. The van der Waals surface area contributed by atoms with Crippen LogP contribution in [0.3, 0.4) is 0 Å². The van der Waals surface area contributed by atoms with Gasteiger partial charge in [-0.15, -0.1) is 0 Å². The fourth-order valence-electron chi connectivity index (χ4n) is 1.96. The van der Waals surface area contributed by atoms with Crippen molar-refractivity contribution in [3.8, 4) is 11.5 Å². The van der Waals surface area contributed by atoms with E-state index in [0.717, 1.165) is 17.2 Å². The standard InChI is InChI=1S/C18H16ClFO4/c1-11-5-3-8-15(12(11)2)23-16(21)9-10-17(22)24-18-13(19)6-4-7-14(18)20/h3-8H,9-10H2,1-2H3. The molecule has 0 radical (unpaired) electrons. The number of hydrogen-bond acceptors (Lipinski definition) is 4. The zero-order valence-electron chi connectivity index (χ0n) is 13.3. The molecule has 0 fully saturated rings. The minimum absolute atomic E-state index is 0.0127. The van der Waals surface area contributed by atoms with Crippen LogP contribution in [0.25, 0.3) is 0 Å². The molecule has 0 spiro atoms. The van der Waals surface area contributed by atoms with Crippen molar-refractivity contribution in [2.24, 2.45) is 0 Å². The molecular formula is C18H16ClFO4. The predicted molar refractivity (Wildman–Crippen MR) is 87.8 cm³/mol. The molecule has 0 saturated heterocycles. The summed E-state index contributed by atoms with van der Waals surface area (Å²) in [4.78, 5) is 23.6. The number of benzene rings is 2. The molecule has 6 heteroatoms. The van der Waals surface area contributed by atoms with E-state index in [1.54, 1.807) is 12.1 Å². The predicted octanol–water partition coefficient (Wildman–Crippen LogP) is 4.39. The number of hydrogen-bond donors (Lipinski definition) is 0. The summed E-state index contributed by atoms with van der Waals surface area (Å²) >= 11 is 5.77. The van der Waals surface area contributed by atoms with E-state index in [1.165, 1.54) is 12.1 Å². The van der Waals surface area contributed by atoms with E-state index in [0.29, 0.717) is 5.75 Å². The normalized spacial score (nSPS) is 10.3. The number of carbonyl (C=O) groups is 2. The van der Waals surface area contributed by atoms with Crippen LogP contribution in [0.4, 0.5) is 4.39 Å². The van der Waals surface area contributed by atoms with Gasteiger partial charge in [0, 0.05) is 0 Å². The van der Waals surface area contributed by atoms with Gasteiger partial charge in [0.1, 0.15) is 5.75 Å². The Bertz CT molecular complexity index is 753. The highest BCUT2D eigenvalue weighted by Gasteiger charge is 2.16. The summed E-state index contributed by atoms with van der Waals surface area (Å²) < 4.78 is 23.6. The van der Waals surface area contributed by atoms with Crippen LogP contribution in [0, 0.1) is 19.7 Å². The minimum atomic E-state index is -0.764. The van der Waals surface area contributed by atoms with E-state index in [2.05, 4.69) is 0 Å². The van der Waals surface area contributed by atoms with Crippen LogP contribution < -0.4 is 9.47 Å². The summed E-state index contributed by atoms with van der Waals surface area (Å²) in [7, 11) is 0. The van der Waals surface area contributed by atoms with E-state index >= 15 is 0 Å². The minimum Gasteiger partial charge on any atom is -0.426 e. The summed E-state index contributed by atoms with van der Waals surface area (Å²) in [5, 5.41) is -0.0127. The number of halogens is 2. The molecule has 2 aromatic rings. The Balaban J connectivity index is 1.90. The second-order valence-electron chi connectivity index (χ2n) is 5.20. The lowest BCUT2D eigenvalue weighted by Gasteiger charge is -2.09. The van der Waals surface area contributed by atoms with Gasteiger partial charge in [-0.05, 0) is 43.2 Å². The third-order valence-corrected chi connectivity index (χ3v) is 3.74. The molecule has 4 nitrogen and oxygen atoms in total. The Morgan fingerprint density at radius 1 is 1.00 bits per heavy atom. The van der Waals surface area contributed by atoms with Crippen molar-refractivity contribution < 1.29 is 23.5 Å². The Morgan fingerprint density at radius 2 is 1.62 bits per heavy atom. The van der Waals surface area contributed by atoms with E-state index < -0.39 is 17.8 Å². The van der Waals surface area contributed by atoms with Gasteiger partial charge in [0.25, 0.3) is 0 Å². The first kappa shape index (κ1) is 17.9. The fourth-order valence-corrected chi connectivity index (χ4v) is 2.16. The Morgan fingerprint density at radius 3 is 2.29 bits per heavy atom. The number of esters is 2. The fraction of sp³-hybridized carbons (Fsp3) is 0.222. The quantitative estimate of drug-likeness (QED) is 0.593. The number of aryl methyl sites for hydroxylation is 1. The summed E-state index contributed by atoms with van der Waals surface area (Å²) in [5.41, 5.74) is 1.85. The van der Waals surface area contributed by atoms with Gasteiger partial charge in [0.05, 0.1) is 17.9 Å². The molecule has 0 amide bonds. The first-order valence-corrected chi connectivity index (χ1v) is 7.68. The molecule has 0 saturated carbocycles.